The summed E-state index contributed by atoms with van der Waals surface area (Å²) in [5.41, 5.74) is 3.69. The lowest BCUT2D eigenvalue weighted by atomic mass is 9.98. The van der Waals surface area contributed by atoms with Crippen LogP contribution in [0.15, 0.2) is 42.6 Å². The fourth-order valence-corrected chi connectivity index (χ4v) is 4.30. The number of fused-ring (bicyclic) bond motifs is 1. The number of anilines is 2. The molecule has 0 spiro atoms. The van der Waals surface area contributed by atoms with Crippen molar-refractivity contribution in [2.24, 2.45) is 0 Å². The van der Waals surface area contributed by atoms with Crippen LogP contribution in [-0.2, 0) is 4.74 Å². The first kappa shape index (κ1) is 21.7. The highest BCUT2D eigenvalue weighted by Crippen LogP contribution is 2.32. The zero-order chi connectivity index (χ0) is 22.7. The quantitative estimate of drug-likeness (QED) is 0.579. The van der Waals surface area contributed by atoms with Crippen molar-refractivity contribution in [1.82, 2.24) is 14.9 Å². The summed E-state index contributed by atoms with van der Waals surface area (Å²) in [6.07, 6.45) is 5.72. The zero-order valence-electron chi connectivity index (χ0n) is 18.7. The molecule has 3 heterocycles. The average molecular weight is 433 g/mol. The molecule has 166 valence electrons. The normalized spacial score (nSPS) is 16.1. The number of carbonyl (C=O) groups is 2. The monoisotopic (exact) mass is 432 g/mol. The number of esters is 1. The number of ether oxygens (including phenoxy) is 1. The van der Waals surface area contributed by atoms with Crippen LogP contribution in [0.4, 0.5) is 11.4 Å². The first-order chi connectivity index (χ1) is 15.5. The van der Waals surface area contributed by atoms with E-state index in [-0.39, 0.29) is 11.9 Å². The van der Waals surface area contributed by atoms with Crippen molar-refractivity contribution in [3.05, 3.63) is 59.4 Å². The van der Waals surface area contributed by atoms with Crippen LogP contribution in [0.2, 0.25) is 0 Å². The summed E-state index contributed by atoms with van der Waals surface area (Å²) in [6.45, 7) is 4.78. The van der Waals surface area contributed by atoms with Crippen LogP contribution in [0.1, 0.15) is 59.0 Å². The van der Waals surface area contributed by atoms with Crippen molar-refractivity contribution in [3.8, 4) is 0 Å². The summed E-state index contributed by atoms with van der Waals surface area (Å²) >= 11 is 0. The second-order valence-corrected chi connectivity index (χ2v) is 8.12. The number of hydrogen-bond acceptors (Lipinski definition) is 6. The molecule has 0 radical (unpaired) electrons. The third-order valence-corrected chi connectivity index (χ3v) is 6.01. The first-order valence-corrected chi connectivity index (χ1v) is 11.0. The Morgan fingerprint density at radius 1 is 1.22 bits per heavy atom. The van der Waals surface area contributed by atoms with Gasteiger partial charge in [-0.1, -0.05) is 13.0 Å². The van der Waals surface area contributed by atoms with Gasteiger partial charge < -0.3 is 15.0 Å². The van der Waals surface area contributed by atoms with Crippen LogP contribution in [0, 0.1) is 6.92 Å². The Kier molecular flexibility index (Phi) is 6.35. The number of methoxy groups -OCH3 is 1. The maximum Gasteiger partial charge on any atom is 0.337 e. The van der Waals surface area contributed by atoms with Gasteiger partial charge in [-0.3, -0.25) is 4.79 Å². The molecule has 7 heteroatoms. The highest BCUT2D eigenvalue weighted by molar-refractivity contribution is 6.07. The number of rotatable bonds is 5. The zero-order valence-corrected chi connectivity index (χ0v) is 18.7. The van der Waals surface area contributed by atoms with Crippen LogP contribution in [0.3, 0.4) is 0 Å². The molecule has 0 aliphatic carbocycles. The molecule has 7 nitrogen and oxygen atoms in total. The van der Waals surface area contributed by atoms with E-state index in [9.17, 15) is 9.59 Å². The Labute approximate surface area is 187 Å². The summed E-state index contributed by atoms with van der Waals surface area (Å²) in [5.74, 6) is -0.445. The Hall–Kier alpha value is -3.48. The molecule has 3 aromatic rings. The van der Waals surface area contributed by atoms with Gasteiger partial charge in [0.25, 0.3) is 5.91 Å². The van der Waals surface area contributed by atoms with E-state index >= 15 is 0 Å². The number of aryl methyl sites for hydroxylation is 1. The molecular weight excluding hydrogens is 404 g/mol. The van der Waals surface area contributed by atoms with E-state index in [4.69, 9.17) is 4.74 Å². The van der Waals surface area contributed by atoms with Gasteiger partial charge in [0.1, 0.15) is 0 Å². The second kappa shape index (κ2) is 9.34. The van der Waals surface area contributed by atoms with Crippen molar-refractivity contribution in [1.29, 1.82) is 0 Å². The van der Waals surface area contributed by atoms with Gasteiger partial charge in [-0.2, -0.15) is 0 Å². The Balaban J connectivity index is 1.80. The Morgan fingerprint density at radius 3 is 2.84 bits per heavy atom. The van der Waals surface area contributed by atoms with Crippen LogP contribution >= 0.6 is 0 Å². The third kappa shape index (κ3) is 4.28. The summed E-state index contributed by atoms with van der Waals surface area (Å²) in [6, 6.07) is 11.1. The number of nitrogens with one attached hydrogen (secondary N) is 1. The van der Waals surface area contributed by atoms with Crippen LogP contribution in [0.25, 0.3) is 11.0 Å². The number of amides is 1. The number of likely N-dealkylation sites (tertiary alicyclic amines) is 1. The number of benzene rings is 1. The number of carbonyl (C=O) groups excluding carboxylic acids is 2. The topological polar surface area (TPSA) is 84.4 Å². The molecule has 0 saturated carbocycles. The number of hydrogen-bond donors (Lipinski definition) is 1. The molecule has 32 heavy (non-hydrogen) atoms. The lowest BCUT2D eigenvalue weighted by Gasteiger charge is -2.35. The molecule has 1 aromatic carbocycles. The summed E-state index contributed by atoms with van der Waals surface area (Å²) in [7, 11) is 1.35. The van der Waals surface area contributed by atoms with E-state index in [1.165, 1.54) is 7.11 Å². The Morgan fingerprint density at radius 2 is 2.06 bits per heavy atom. The van der Waals surface area contributed by atoms with E-state index in [2.05, 4.69) is 22.2 Å². The van der Waals surface area contributed by atoms with E-state index in [1.54, 1.807) is 24.4 Å². The summed E-state index contributed by atoms with van der Waals surface area (Å²) in [4.78, 5) is 36.7. The van der Waals surface area contributed by atoms with E-state index < -0.39 is 5.97 Å². The van der Waals surface area contributed by atoms with Crippen molar-refractivity contribution >= 4 is 34.3 Å². The van der Waals surface area contributed by atoms with Gasteiger partial charge in [-0.05, 0) is 62.9 Å². The van der Waals surface area contributed by atoms with Crippen molar-refractivity contribution in [2.45, 2.75) is 45.6 Å². The lowest BCUT2D eigenvalue weighted by Crippen LogP contribution is -2.43. The van der Waals surface area contributed by atoms with Gasteiger partial charge in [-0.25, -0.2) is 14.8 Å². The maximum absolute atomic E-state index is 13.7. The number of piperidine rings is 1. The van der Waals surface area contributed by atoms with Gasteiger partial charge in [0, 0.05) is 35.6 Å². The molecule has 1 unspecified atom stereocenters. The molecule has 0 bridgehead atoms. The van der Waals surface area contributed by atoms with Crippen molar-refractivity contribution < 1.29 is 14.3 Å². The molecular formula is C25H28N4O3. The molecule has 1 N–H and O–H groups in total. The third-order valence-electron chi connectivity index (χ3n) is 6.01. The molecule has 1 amide bonds. The molecule has 1 aliphatic rings. The van der Waals surface area contributed by atoms with Gasteiger partial charge in [0.05, 0.1) is 23.9 Å². The van der Waals surface area contributed by atoms with Crippen molar-refractivity contribution in [3.63, 3.8) is 0 Å². The standard InChI is InChI=1S/C25H28N4O3/c1-4-19-10-5-6-13-29(19)24(30)21-15-26-23-20(12-11-16(2)27-23)22(21)28-18-9-7-8-17(14-18)25(31)32-3/h7-9,11-12,14-15,19H,4-6,10,13H2,1-3H3,(H,26,27,28). The molecule has 1 atom stereocenters. The fraction of sp³-hybridized carbons (Fsp3) is 0.360. The maximum atomic E-state index is 13.7. The lowest BCUT2D eigenvalue weighted by molar-refractivity contribution is 0.0595. The van der Waals surface area contributed by atoms with Gasteiger partial charge in [-0.15, -0.1) is 0 Å². The average Bonchev–Trinajstić information content (AvgIpc) is 2.83. The molecule has 1 fully saturated rings. The van der Waals surface area contributed by atoms with E-state index in [1.807, 2.05) is 30.0 Å². The summed E-state index contributed by atoms with van der Waals surface area (Å²) < 4.78 is 4.84. The predicted molar refractivity (Wildman–Crippen MR) is 124 cm³/mol. The minimum absolute atomic E-state index is 0.0295. The molecule has 1 aliphatic heterocycles. The number of aromatic nitrogens is 2. The smallest absolute Gasteiger partial charge is 0.337 e. The highest BCUT2D eigenvalue weighted by atomic mass is 16.5. The first-order valence-electron chi connectivity index (χ1n) is 11.0. The summed E-state index contributed by atoms with van der Waals surface area (Å²) in [5, 5.41) is 4.13. The molecule has 1 saturated heterocycles. The largest absolute Gasteiger partial charge is 0.465 e. The molecule has 2 aromatic heterocycles. The second-order valence-electron chi connectivity index (χ2n) is 8.12. The van der Waals surface area contributed by atoms with Gasteiger partial charge in [0.15, 0.2) is 5.65 Å². The number of pyridine rings is 2. The van der Waals surface area contributed by atoms with E-state index in [0.717, 1.165) is 43.3 Å². The predicted octanol–water partition coefficient (Wildman–Crippen LogP) is 4.87. The van der Waals surface area contributed by atoms with Gasteiger partial charge in [0.2, 0.25) is 0 Å². The van der Waals surface area contributed by atoms with Crippen LogP contribution < -0.4 is 5.32 Å². The van der Waals surface area contributed by atoms with E-state index in [0.29, 0.717) is 28.1 Å². The van der Waals surface area contributed by atoms with Crippen LogP contribution in [0.5, 0.6) is 0 Å². The SMILES string of the molecule is CCC1CCCCN1C(=O)c1cnc2nc(C)ccc2c1Nc1cccc(C(=O)OC)c1. The number of nitrogens with zero attached hydrogens (tertiary/aromatic N) is 3. The fourth-order valence-electron chi connectivity index (χ4n) is 4.30. The van der Waals surface area contributed by atoms with Crippen molar-refractivity contribution in [2.75, 3.05) is 19.0 Å². The highest BCUT2D eigenvalue weighted by Gasteiger charge is 2.29. The van der Waals surface area contributed by atoms with Gasteiger partial charge >= 0.3 is 5.97 Å². The Bertz CT molecular complexity index is 1160. The molecule has 4 rings (SSSR count). The minimum atomic E-state index is -0.416. The minimum Gasteiger partial charge on any atom is -0.465 e. The van der Waals surface area contributed by atoms with Crippen LogP contribution in [-0.4, -0.2) is 46.4 Å².